The molecule has 0 aromatic heterocycles. The molecule has 7 heteroatoms. The van der Waals surface area contributed by atoms with Gasteiger partial charge in [0, 0.05) is 12.1 Å². The molecule has 0 amide bonds. The van der Waals surface area contributed by atoms with E-state index in [2.05, 4.69) is 6.58 Å². The number of nitrogens with zero attached hydrogens (tertiary/aromatic N) is 1. The number of anilines is 1. The number of benzene rings is 2. The number of rotatable bonds is 7. The summed E-state index contributed by atoms with van der Waals surface area (Å²) in [7, 11) is -0.897. The van der Waals surface area contributed by atoms with Gasteiger partial charge in [-0.05, 0) is 12.1 Å². The summed E-state index contributed by atoms with van der Waals surface area (Å²) < 4.78 is 37.8. The van der Waals surface area contributed by atoms with Gasteiger partial charge in [0.05, 0.1) is 36.4 Å². The standard InChI is InChI=1S/C17H18ClNO4S/c1-4-10-19(24(20,21)13-8-6-5-7-9-13)15-12-16(22-2)14(18)11-17(15)23-3/h4-9,11-12H,1,10H2,2-3H3. The lowest BCUT2D eigenvalue weighted by atomic mass is 10.2. The van der Waals surface area contributed by atoms with Crippen LogP contribution >= 0.6 is 11.6 Å². The Morgan fingerprint density at radius 3 is 2.29 bits per heavy atom. The molecule has 0 aliphatic rings. The van der Waals surface area contributed by atoms with E-state index in [1.165, 1.54) is 48.9 Å². The molecular weight excluding hydrogens is 350 g/mol. The van der Waals surface area contributed by atoms with E-state index in [0.717, 1.165) is 0 Å². The highest BCUT2D eigenvalue weighted by Gasteiger charge is 2.27. The zero-order valence-corrected chi connectivity index (χ0v) is 15.0. The topological polar surface area (TPSA) is 55.8 Å². The van der Waals surface area contributed by atoms with Crippen molar-refractivity contribution in [2.75, 3.05) is 25.1 Å². The van der Waals surface area contributed by atoms with Crippen molar-refractivity contribution in [2.45, 2.75) is 4.90 Å². The zero-order valence-electron chi connectivity index (χ0n) is 13.4. The van der Waals surface area contributed by atoms with Crippen molar-refractivity contribution < 1.29 is 17.9 Å². The van der Waals surface area contributed by atoms with Crippen LogP contribution in [0.15, 0.2) is 60.0 Å². The van der Waals surface area contributed by atoms with Gasteiger partial charge in [0.25, 0.3) is 10.0 Å². The summed E-state index contributed by atoms with van der Waals surface area (Å²) in [5.41, 5.74) is 0.322. The summed E-state index contributed by atoms with van der Waals surface area (Å²) in [6.45, 7) is 3.71. The second kappa shape index (κ2) is 7.59. The fourth-order valence-electron chi connectivity index (χ4n) is 2.20. The van der Waals surface area contributed by atoms with Gasteiger partial charge in [0.2, 0.25) is 0 Å². The Hall–Kier alpha value is -2.18. The Balaban J connectivity index is 2.66. The highest BCUT2D eigenvalue weighted by molar-refractivity contribution is 7.92. The monoisotopic (exact) mass is 367 g/mol. The summed E-state index contributed by atoms with van der Waals surface area (Å²) in [6, 6.07) is 11.2. The largest absolute Gasteiger partial charge is 0.495 e. The van der Waals surface area contributed by atoms with Crippen LogP contribution in [0.4, 0.5) is 5.69 Å². The van der Waals surface area contributed by atoms with E-state index in [-0.39, 0.29) is 11.4 Å². The average molecular weight is 368 g/mol. The summed E-state index contributed by atoms with van der Waals surface area (Å²) >= 11 is 6.10. The maximum atomic E-state index is 13.0. The van der Waals surface area contributed by atoms with Gasteiger partial charge in [0.15, 0.2) is 0 Å². The summed E-state index contributed by atoms with van der Waals surface area (Å²) in [5.74, 6) is 0.673. The molecule has 24 heavy (non-hydrogen) atoms. The number of sulfonamides is 1. The lowest BCUT2D eigenvalue weighted by Crippen LogP contribution is -2.31. The number of halogens is 1. The second-order valence-corrected chi connectivity index (χ2v) is 7.07. The molecule has 0 aliphatic carbocycles. The van der Waals surface area contributed by atoms with Crippen molar-refractivity contribution in [1.82, 2.24) is 0 Å². The van der Waals surface area contributed by atoms with Crippen LogP contribution in [0.25, 0.3) is 0 Å². The van der Waals surface area contributed by atoms with E-state index >= 15 is 0 Å². The summed E-state index contributed by atoms with van der Waals surface area (Å²) in [6.07, 6.45) is 1.50. The molecule has 0 bridgehead atoms. The van der Waals surface area contributed by atoms with Gasteiger partial charge in [-0.1, -0.05) is 35.9 Å². The van der Waals surface area contributed by atoms with Crippen molar-refractivity contribution in [3.05, 3.63) is 60.1 Å². The van der Waals surface area contributed by atoms with Crippen LogP contribution in [0.1, 0.15) is 0 Å². The Labute approximate surface area is 147 Å². The van der Waals surface area contributed by atoms with Crippen molar-refractivity contribution in [3.8, 4) is 11.5 Å². The molecule has 0 radical (unpaired) electrons. The van der Waals surface area contributed by atoms with Gasteiger partial charge < -0.3 is 9.47 Å². The molecular formula is C17H18ClNO4S. The van der Waals surface area contributed by atoms with Gasteiger partial charge >= 0.3 is 0 Å². The second-order valence-electron chi connectivity index (χ2n) is 4.80. The van der Waals surface area contributed by atoms with Crippen LogP contribution in [0.2, 0.25) is 5.02 Å². The number of ether oxygens (including phenoxy) is 2. The molecule has 0 spiro atoms. The van der Waals surface area contributed by atoms with Crippen LogP contribution in [-0.4, -0.2) is 29.2 Å². The molecule has 2 aromatic rings. The maximum Gasteiger partial charge on any atom is 0.264 e. The van der Waals surface area contributed by atoms with Crippen molar-refractivity contribution in [3.63, 3.8) is 0 Å². The molecule has 5 nitrogen and oxygen atoms in total. The normalized spacial score (nSPS) is 11.0. The van der Waals surface area contributed by atoms with E-state index in [4.69, 9.17) is 21.1 Å². The molecule has 2 rings (SSSR count). The number of hydrogen-bond donors (Lipinski definition) is 0. The Bertz CT molecular complexity index is 822. The third-order valence-electron chi connectivity index (χ3n) is 3.35. The van der Waals surface area contributed by atoms with E-state index < -0.39 is 10.0 Å². The van der Waals surface area contributed by atoms with Gasteiger partial charge in [0.1, 0.15) is 11.5 Å². The number of hydrogen-bond acceptors (Lipinski definition) is 4. The highest BCUT2D eigenvalue weighted by atomic mass is 35.5. The van der Waals surface area contributed by atoms with Gasteiger partial charge in [-0.25, -0.2) is 8.42 Å². The minimum absolute atomic E-state index is 0.0678. The molecule has 2 aromatic carbocycles. The van der Waals surface area contributed by atoms with Gasteiger partial charge in [-0.2, -0.15) is 0 Å². The third kappa shape index (κ3) is 3.49. The average Bonchev–Trinajstić information content (AvgIpc) is 2.60. The number of methoxy groups -OCH3 is 2. The minimum Gasteiger partial charge on any atom is -0.495 e. The van der Waals surface area contributed by atoms with Crippen LogP contribution in [0.5, 0.6) is 11.5 Å². The Morgan fingerprint density at radius 1 is 1.12 bits per heavy atom. The fraction of sp³-hybridized carbons (Fsp3) is 0.176. The predicted molar refractivity (Wildman–Crippen MR) is 95.7 cm³/mol. The fourth-order valence-corrected chi connectivity index (χ4v) is 3.89. The van der Waals surface area contributed by atoms with Crippen molar-refractivity contribution in [2.24, 2.45) is 0 Å². The lowest BCUT2D eigenvalue weighted by Gasteiger charge is -2.25. The van der Waals surface area contributed by atoms with E-state index in [0.29, 0.717) is 22.2 Å². The molecule has 0 saturated heterocycles. The van der Waals surface area contributed by atoms with Crippen LogP contribution in [0, 0.1) is 0 Å². The minimum atomic E-state index is -3.80. The van der Waals surface area contributed by atoms with Crippen LogP contribution in [-0.2, 0) is 10.0 Å². The third-order valence-corrected chi connectivity index (χ3v) is 5.44. The van der Waals surface area contributed by atoms with Crippen molar-refractivity contribution >= 4 is 27.3 Å². The first kappa shape index (κ1) is 18.2. The summed E-state index contributed by atoms with van der Waals surface area (Å²) in [4.78, 5) is 0.169. The molecule has 0 aliphatic heterocycles. The first-order chi connectivity index (χ1) is 11.5. The lowest BCUT2D eigenvalue weighted by molar-refractivity contribution is 0.404. The predicted octanol–water partition coefficient (Wildman–Crippen LogP) is 3.74. The molecule has 0 fully saturated rings. The Kier molecular flexibility index (Phi) is 5.75. The first-order valence-corrected chi connectivity index (χ1v) is 8.87. The molecule has 0 N–H and O–H groups in total. The highest BCUT2D eigenvalue weighted by Crippen LogP contribution is 2.40. The molecule has 0 unspecified atom stereocenters. The smallest absolute Gasteiger partial charge is 0.264 e. The Morgan fingerprint density at radius 2 is 1.75 bits per heavy atom. The van der Waals surface area contributed by atoms with E-state index in [9.17, 15) is 8.42 Å². The van der Waals surface area contributed by atoms with E-state index in [1.54, 1.807) is 18.2 Å². The molecule has 0 saturated carbocycles. The van der Waals surface area contributed by atoms with Crippen LogP contribution in [0.3, 0.4) is 0 Å². The quantitative estimate of drug-likeness (QED) is 0.699. The van der Waals surface area contributed by atoms with Crippen LogP contribution < -0.4 is 13.8 Å². The SMILES string of the molecule is C=CCN(c1cc(OC)c(Cl)cc1OC)S(=O)(=O)c1ccccc1. The first-order valence-electron chi connectivity index (χ1n) is 7.06. The van der Waals surface area contributed by atoms with Crippen molar-refractivity contribution in [1.29, 1.82) is 0 Å². The zero-order chi connectivity index (χ0) is 17.7. The van der Waals surface area contributed by atoms with Gasteiger partial charge in [-0.3, -0.25) is 4.31 Å². The molecule has 0 atom stereocenters. The van der Waals surface area contributed by atoms with E-state index in [1.807, 2.05) is 0 Å². The van der Waals surface area contributed by atoms with Gasteiger partial charge in [-0.15, -0.1) is 6.58 Å². The molecule has 128 valence electrons. The molecule has 0 heterocycles. The maximum absolute atomic E-state index is 13.0. The summed E-state index contributed by atoms with van der Waals surface area (Å²) in [5, 5.41) is 0.328.